The van der Waals surface area contributed by atoms with E-state index in [0.29, 0.717) is 6.54 Å². The Bertz CT molecular complexity index is 514. The monoisotopic (exact) mass is 216 g/mol. The van der Waals surface area contributed by atoms with Gasteiger partial charge >= 0.3 is 0 Å². The molecular formula is C13H16N2O. The molecule has 16 heavy (non-hydrogen) atoms. The molecule has 0 spiro atoms. The molecule has 0 atom stereocenters. The van der Waals surface area contributed by atoms with Crippen LogP contribution in [0.3, 0.4) is 0 Å². The van der Waals surface area contributed by atoms with Gasteiger partial charge in [0.2, 0.25) is 5.91 Å². The molecule has 0 unspecified atom stereocenters. The maximum atomic E-state index is 10.8. The average molecular weight is 216 g/mol. The van der Waals surface area contributed by atoms with Gasteiger partial charge in [-0.25, -0.2) is 0 Å². The van der Waals surface area contributed by atoms with Crippen LogP contribution in [0.15, 0.2) is 30.5 Å². The zero-order valence-corrected chi connectivity index (χ0v) is 9.66. The number of aromatic nitrogens is 1. The maximum Gasteiger partial charge on any atom is 0.216 e. The second-order valence-corrected chi connectivity index (χ2v) is 4.00. The smallest absolute Gasteiger partial charge is 0.216 e. The summed E-state index contributed by atoms with van der Waals surface area (Å²) >= 11 is 0. The van der Waals surface area contributed by atoms with E-state index in [0.717, 1.165) is 6.42 Å². The second kappa shape index (κ2) is 4.39. The fourth-order valence-electron chi connectivity index (χ4n) is 1.99. The van der Waals surface area contributed by atoms with Crippen LogP contribution in [0, 0.1) is 6.92 Å². The van der Waals surface area contributed by atoms with E-state index >= 15 is 0 Å². The van der Waals surface area contributed by atoms with Crippen molar-refractivity contribution in [3.05, 3.63) is 41.7 Å². The fourth-order valence-corrected chi connectivity index (χ4v) is 1.99. The van der Waals surface area contributed by atoms with Crippen LogP contribution in [0.1, 0.15) is 18.2 Å². The van der Waals surface area contributed by atoms with Gasteiger partial charge in [-0.3, -0.25) is 4.79 Å². The third-order valence-corrected chi connectivity index (χ3v) is 2.74. The highest BCUT2D eigenvalue weighted by Crippen LogP contribution is 2.15. The summed E-state index contributed by atoms with van der Waals surface area (Å²) < 4.78 is 2.18. The van der Waals surface area contributed by atoms with Crippen molar-refractivity contribution in [2.45, 2.75) is 20.3 Å². The van der Waals surface area contributed by atoms with Crippen LogP contribution >= 0.6 is 0 Å². The summed E-state index contributed by atoms with van der Waals surface area (Å²) in [6.07, 6.45) is 2.93. The number of carbonyl (C=O) groups excluding carboxylic acids is 1. The molecule has 2 heterocycles. The Morgan fingerprint density at radius 1 is 1.44 bits per heavy atom. The minimum absolute atomic E-state index is 0.0264. The predicted octanol–water partition coefficient (Wildman–Crippen LogP) is 1.93. The van der Waals surface area contributed by atoms with E-state index in [1.807, 2.05) is 12.1 Å². The van der Waals surface area contributed by atoms with Crippen molar-refractivity contribution in [2.75, 3.05) is 6.54 Å². The van der Waals surface area contributed by atoms with E-state index in [4.69, 9.17) is 0 Å². The number of hydrogen-bond donors (Lipinski definition) is 1. The summed E-state index contributed by atoms with van der Waals surface area (Å²) in [5, 5.41) is 2.82. The molecule has 0 aromatic carbocycles. The molecule has 1 N–H and O–H groups in total. The number of rotatable bonds is 3. The van der Waals surface area contributed by atoms with Crippen LogP contribution in [0.25, 0.3) is 5.52 Å². The first-order chi connectivity index (χ1) is 7.68. The van der Waals surface area contributed by atoms with Gasteiger partial charge in [0.1, 0.15) is 0 Å². The molecule has 0 aliphatic carbocycles. The lowest BCUT2D eigenvalue weighted by atomic mass is 10.2. The zero-order valence-electron chi connectivity index (χ0n) is 9.66. The standard InChI is InChI=1S/C13H16N2O/c1-10-9-12-5-3-4-8-15(12)13(10)6-7-14-11(2)16/h3-5,8-9H,6-7H2,1-2H3,(H,14,16). The highest BCUT2D eigenvalue weighted by Gasteiger charge is 2.05. The Kier molecular flexibility index (Phi) is 2.95. The normalized spacial score (nSPS) is 10.6. The van der Waals surface area contributed by atoms with Crippen molar-refractivity contribution in [1.29, 1.82) is 0 Å². The number of nitrogens with one attached hydrogen (secondary N) is 1. The summed E-state index contributed by atoms with van der Waals surface area (Å²) in [6.45, 7) is 4.34. The molecule has 0 saturated heterocycles. The van der Waals surface area contributed by atoms with Gasteiger partial charge < -0.3 is 9.72 Å². The topological polar surface area (TPSA) is 33.5 Å². The van der Waals surface area contributed by atoms with Crippen molar-refractivity contribution >= 4 is 11.4 Å². The van der Waals surface area contributed by atoms with Gasteiger partial charge in [-0.05, 0) is 30.7 Å². The Balaban J connectivity index is 2.22. The lowest BCUT2D eigenvalue weighted by Crippen LogP contribution is -2.23. The van der Waals surface area contributed by atoms with E-state index in [2.05, 4.69) is 35.0 Å². The Labute approximate surface area is 95.1 Å². The number of nitrogens with zero attached hydrogens (tertiary/aromatic N) is 1. The van der Waals surface area contributed by atoms with Crippen LogP contribution in [-0.2, 0) is 11.2 Å². The fraction of sp³-hybridized carbons (Fsp3) is 0.308. The van der Waals surface area contributed by atoms with Crippen LogP contribution in [0.5, 0.6) is 0 Å². The van der Waals surface area contributed by atoms with Gasteiger partial charge in [0.15, 0.2) is 0 Å². The Morgan fingerprint density at radius 3 is 3.00 bits per heavy atom. The van der Waals surface area contributed by atoms with Gasteiger partial charge in [-0.2, -0.15) is 0 Å². The molecule has 2 aromatic heterocycles. The summed E-state index contributed by atoms with van der Waals surface area (Å²) in [5.41, 5.74) is 3.75. The average Bonchev–Trinajstić information content (AvgIpc) is 2.55. The largest absolute Gasteiger partial charge is 0.356 e. The van der Waals surface area contributed by atoms with Crippen molar-refractivity contribution in [3.8, 4) is 0 Å². The molecule has 3 nitrogen and oxygen atoms in total. The van der Waals surface area contributed by atoms with Crippen LogP contribution in [-0.4, -0.2) is 16.9 Å². The number of aryl methyl sites for hydroxylation is 1. The van der Waals surface area contributed by atoms with Crippen molar-refractivity contribution in [1.82, 2.24) is 9.72 Å². The lowest BCUT2D eigenvalue weighted by molar-refractivity contribution is -0.118. The van der Waals surface area contributed by atoms with E-state index in [1.165, 1.54) is 16.8 Å². The molecule has 0 aliphatic heterocycles. The van der Waals surface area contributed by atoms with E-state index in [9.17, 15) is 4.79 Å². The zero-order chi connectivity index (χ0) is 11.5. The van der Waals surface area contributed by atoms with Crippen LogP contribution in [0.2, 0.25) is 0 Å². The predicted molar refractivity (Wildman–Crippen MR) is 64.5 cm³/mol. The van der Waals surface area contributed by atoms with Crippen molar-refractivity contribution in [2.24, 2.45) is 0 Å². The Hall–Kier alpha value is -1.77. The molecular weight excluding hydrogens is 200 g/mol. The van der Waals surface area contributed by atoms with E-state index in [-0.39, 0.29) is 5.91 Å². The van der Waals surface area contributed by atoms with Gasteiger partial charge in [-0.15, -0.1) is 0 Å². The lowest BCUT2D eigenvalue weighted by Gasteiger charge is -2.05. The third kappa shape index (κ3) is 2.08. The Morgan fingerprint density at radius 2 is 2.25 bits per heavy atom. The molecule has 0 aliphatic rings. The highest BCUT2D eigenvalue weighted by molar-refractivity contribution is 5.72. The minimum Gasteiger partial charge on any atom is -0.356 e. The maximum absolute atomic E-state index is 10.8. The van der Waals surface area contributed by atoms with Crippen molar-refractivity contribution < 1.29 is 4.79 Å². The minimum atomic E-state index is 0.0264. The van der Waals surface area contributed by atoms with Crippen LogP contribution < -0.4 is 5.32 Å². The molecule has 0 bridgehead atoms. The van der Waals surface area contributed by atoms with Gasteiger partial charge in [-0.1, -0.05) is 6.07 Å². The first-order valence-electron chi connectivity index (χ1n) is 5.48. The van der Waals surface area contributed by atoms with E-state index in [1.54, 1.807) is 6.92 Å². The number of hydrogen-bond acceptors (Lipinski definition) is 1. The molecule has 1 amide bonds. The highest BCUT2D eigenvalue weighted by atomic mass is 16.1. The van der Waals surface area contributed by atoms with Gasteiger partial charge in [0.25, 0.3) is 0 Å². The summed E-state index contributed by atoms with van der Waals surface area (Å²) in [4.78, 5) is 10.8. The summed E-state index contributed by atoms with van der Waals surface area (Å²) in [5.74, 6) is 0.0264. The van der Waals surface area contributed by atoms with Gasteiger partial charge in [0.05, 0.1) is 0 Å². The van der Waals surface area contributed by atoms with E-state index < -0.39 is 0 Å². The number of fused-ring (bicyclic) bond motifs is 1. The first kappa shape index (κ1) is 10.7. The molecule has 2 rings (SSSR count). The molecule has 3 heteroatoms. The molecule has 2 aromatic rings. The summed E-state index contributed by atoms with van der Waals surface area (Å²) in [7, 11) is 0. The number of carbonyl (C=O) groups is 1. The molecule has 0 saturated carbocycles. The van der Waals surface area contributed by atoms with Crippen LogP contribution in [0.4, 0.5) is 0 Å². The first-order valence-corrected chi connectivity index (χ1v) is 5.48. The molecule has 0 radical (unpaired) electrons. The third-order valence-electron chi connectivity index (χ3n) is 2.74. The second-order valence-electron chi connectivity index (χ2n) is 4.00. The summed E-state index contributed by atoms with van der Waals surface area (Å²) in [6, 6.07) is 8.32. The number of pyridine rings is 1. The molecule has 0 fully saturated rings. The number of amides is 1. The quantitative estimate of drug-likeness (QED) is 0.835. The molecule has 84 valence electrons. The SMILES string of the molecule is CC(=O)NCCc1c(C)cc2ccccn12. The van der Waals surface area contributed by atoms with Gasteiger partial charge in [0, 0.05) is 37.3 Å². The van der Waals surface area contributed by atoms with Crippen molar-refractivity contribution in [3.63, 3.8) is 0 Å².